The van der Waals surface area contributed by atoms with E-state index in [4.69, 9.17) is 19.9 Å². The fourth-order valence-electron chi connectivity index (χ4n) is 6.69. The Morgan fingerprint density at radius 2 is 1.97 bits per heavy atom. The van der Waals surface area contributed by atoms with Crippen LogP contribution in [0.1, 0.15) is 43.2 Å². The van der Waals surface area contributed by atoms with Crippen molar-refractivity contribution in [3.8, 4) is 16.9 Å². The molecular formula is C27H37N3O3. The maximum absolute atomic E-state index is 6.52. The number of benzene rings is 1. The van der Waals surface area contributed by atoms with Gasteiger partial charge in [-0.05, 0) is 80.1 Å². The van der Waals surface area contributed by atoms with Crippen molar-refractivity contribution < 1.29 is 14.2 Å². The molecule has 0 amide bonds. The normalized spacial score (nSPS) is 26.5. The van der Waals surface area contributed by atoms with Crippen LogP contribution in [-0.2, 0) is 21.3 Å². The van der Waals surface area contributed by atoms with Gasteiger partial charge in [0.25, 0.3) is 0 Å². The van der Waals surface area contributed by atoms with Gasteiger partial charge in [0.2, 0.25) is 0 Å². The number of nitrogens with zero attached hydrogens (tertiary/aromatic N) is 2. The summed E-state index contributed by atoms with van der Waals surface area (Å²) in [6.45, 7) is 3.37. The molecule has 1 saturated heterocycles. The molecule has 2 aliphatic carbocycles. The molecule has 0 radical (unpaired) electrons. The largest absolute Gasteiger partial charge is 0.490 e. The van der Waals surface area contributed by atoms with Crippen molar-refractivity contribution in [3.05, 3.63) is 41.7 Å². The highest BCUT2D eigenvalue weighted by molar-refractivity contribution is 5.75. The Hall–Kier alpha value is -2.15. The summed E-state index contributed by atoms with van der Waals surface area (Å²) in [6.07, 6.45) is 11.4. The number of ether oxygens (including phenoxy) is 3. The third-order valence-electron chi connectivity index (χ3n) is 8.21. The van der Waals surface area contributed by atoms with E-state index in [1.54, 1.807) is 13.3 Å². The lowest BCUT2D eigenvalue weighted by Gasteiger charge is -2.58. The molecule has 2 aromatic rings. The first-order valence-electron chi connectivity index (χ1n) is 12.4. The lowest BCUT2D eigenvalue weighted by Crippen LogP contribution is -2.59. The summed E-state index contributed by atoms with van der Waals surface area (Å²) in [7, 11) is 3.99. The number of methoxy groups -OCH3 is 1. The molecule has 1 aromatic carbocycles. The van der Waals surface area contributed by atoms with Crippen molar-refractivity contribution >= 4 is 5.69 Å². The van der Waals surface area contributed by atoms with Gasteiger partial charge in [0.05, 0.1) is 26.0 Å². The molecule has 1 aliphatic heterocycles. The SMILES string of the molecule is COCCOCCOc1cncc(-c2cc(N)cc3c2C[C@@H]2[C@@H]4CCCC[C@]34CCN2C)c1. The molecule has 33 heavy (non-hydrogen) atoms. The quantitative estimate of drug-likeness (QED) is 0.482. The summed E-state index contributed by atoms with van der Waals surface area (Å²) in [5.41, 5.74) is 13.0. The number of fused-ring (bicyclic) bond motifs is 1. The number of hydrogen-bond acceptors (Lipinski definition) is 6. The van der Waals surface area contributed by atoms with Crippen LogP contribution in [0.5, 0.6) is 5.75 Å². The number of aromatic nitrogens is 1. The zero-order valence-corrected chi connectivity index (χ0v) is 20.0. The fraction of sp³-hybridized carbons (Fsp3) is 0.593. The second-order valence-corrected chi connectivity index (χ2v) is 9.97. The first-order valence-corrected chi connectivity index (χ1v) is 12.4. The Morgan fingerprint density at radius 1 is 1.09 bits per heavy atom. The van der Waals surface area contributed by atoms with Crippen LogP contribution in [0.25, 0.3) is 11.1 Å². The Kier molecular flexibility index (Phi) is 6.59. The second-order valence-electron chi connectivity index (χ2n) is 9.97. The van der Waals surface area contributed by atoms with E-state index in [9.17, 15) is 0 Å². The average Bonchev–Trinajstić information content (AvgIpc) is 2.84. The lowest BCUT2D eigenvalue weighted by atomic mass is 9.52. The standard InChI is InChI=1S/C27H37N3O3/c1-30-8-7-27-6-4-3-5-24(27)26(30)16-23-22(14-20(28)15-25(23)27)19-13-21(18-29-17-19)33-12-11-32-10-9-31-2/h13-15,17-18,24,26H,3-12,16,28H2,1-2H3/t24-,26+,27+/m0/s1. The molecule has 178 valence electrons. The molecule has 3 aliphatic rings. The average molecular weight is 452 g/mol. The minimum absolute atomic E-state index is 0.286. The number of nitrogens with two attached hydrogens (primary N) is 1. The van der Waals surface area contributed by atoms with Crippen LogP contribution in [0, 0.1) is 5.92 Å². The van der Waals surface area contributed by atoms with Gasteiger partial charge in [-0.15, -0.1) is 0 Å². The molecule has 5 rings (SSSR count). The van der Waals surface area contributed by atoms with Gasteiger partial charge in [0.1, 0.15) is 12.4 Å². The van der Waals surface area contributed by atoms with Crippen LogP contribution >= 0.6 is 0 Å². The molecule has 0 spiro atoms. The Bertz CT molecular complexity index is 981. The molecule has 6 nitrogen and oxygen atoms in total. The van der Waals surface area contributed by atoms with E-state index in [1.165, 1.54) is 55.3 Å². The minimum atomic E-state index is 0.286. The van der Waals surface area contributed by atoms with Gasteiger partial charge in [-0.1, -0.05) is 12.8 Å². The van der Waals surface area contributed by atoms with Gasteiger partial charge in [-0.2, -0.15) is 0 Å². The number of likely N-dealkylation sites (N-methyl/N-ethyl adjacent to an activating group) is 1. The Morgan fingerprint density at radius 3 is 2.85 bits per heavy atom. The van der Waals surface area contributed by atoms with Crippen molar-refractivity contribution in [2.24, 2.45) is 5.92 Å². The van der Waals surface area contributed by atoms with Crippen LogP contribution in [0.4, 0.5) is 5.69 Å². The summed E-state index contributed by atoms with van der Waals surface area (Å²) in [6, 6.07) is 7.15. The summed E-state index contributed by atoms with van der Waals surface area (Å²) < 4.78 is 16.4. The minimum Gasteiger partial charge on any atom is -0.490 e. The molecule has 3 atom stereocenters. The number of rotatable bonds is 8. The third-order valence-corrected chi connectivity index (χ3v) is 8.21. The summed E-state index contributed by atoms with van der Waals surface area (Å²) in [4.78, 5) is 7.11. The highest BCUT2D eigenvalue weighted by Crippen LogP contribution is 2.57. The number of nitrogen functional groups attached to an aromatic ring is 1. The maximum atomic E-state index is 6.52. The molecule has 1 saturated carbocycles. The number of anilines is 1. The van der Waals surface area contributed by atoms with Gasteiger partial charge in [-0.3, -0.25) is 4.98 Å². The van der Waals surface area contributed by atoms with Gasteiger partial charge in [0, 0.05) is 36.0 Å². The number of hydrogen-bond donors (Lipinski definition) is 1. The van der Waals surface area contributed by atoms with Gasteiger partial charge in [-0.25, -0.2) is 0 Å². The van der Waals surface area contributed by atoms with Crippen LogP contribution in [0.2, 0.25) is 0 Å². The van der Waals surface area contributed by atoms with Crippen LogP contribution in [0.3, 0.4) is 0 Å². The number of pyridine rings is 1. The highest BCUT2D eigenvalue weighted by Gasteiger charge is 2.53. The predicted molar refractivity (Wildman–Crippen MR) is 131 cm³/mol. The molecule has 2 bridgehead atoms. The van der Waals surface area contributed by atoms with E-state index < -0.39 is 0 Å². The maximum Gasteiger partial charge on any atom is 0.138 e. The van der Waals surface area contributed by atoms with E-state index in [2.05, 4.69) is 35.1 Å². The van der Waals surface area contributed by atoms with E-state index in [0.29, 0.717) is 32.5 Å². The fourth-order valence-corrected chi connectivity index (χ4v) is 6.69. The zero-order chi connectivity index (χ0) is 22.8. The van der Waals surface area contributed by atoms with Crippen molar-refractivity contribution in [1.82, 2.24) is 9.88 Å². The first-order chi connectivity index (χ1) is 16.1. The summed E-state index contributed by atoms with van der Waals surface area (Å²) in [5, 5.41) is 0. The first kappa shape index (κ1) is 22.6. The van der Waals surface area contributed by atoms with Crippen molar-refractivity contribution in [3.63, 3.8) is 0 Å². The molecule has 2 N–H and O–H groups in total. The number of likely N-dealkylation sites (tertiary alicyclic amines) is 1. The van der Waals surface area contributed by atoms with Crippen LogP contribution < -0.4 is 10.5 Å². The van der Waals surface area contributed by atoms with Crippen LogP contribution in [-0.4, -0.2) is 63.1 Å². The topological polar surface area (TPSA) is 69.8 Å². The van der Waals surface area contributed by atoms with Gasteiger partial charge in [0.15, 0.2) is 0 Å². The molecule has 1 aromatic heterocycles. The highest BCUT2D eigenvalue weighted by atomic mass is 16.5. The van der Waals surface area contributed by atoms with Crippen LogP contribution in [0.15, 0.2) is 30.6 Å². The van der Waals surface area contributed by atoms with E-state index in [1.807, 2.05) is 6.20 Å². The second kappa shape index (κ2) is 9.61. The molecule has 6 heteroatoms. The van der Waals surface area contributed by atoms with E-state index in [-0.39, 0.29) is 5.41 Å². The monoisotopic (exact) mass is 451 g/mol. The van der Waals surface area contributed by atoms with Gasteiger partial charge < -0.3 is 24.8 Å². The Labute approximate surface area is 197 Å². The third kappa shape index (κ3) is 4.25. The van der Waals surface area contributed by atoms with E-state index in [0.717, 1.165) is 29.3 Å². The van der Waals surface area contributed by atoms with Crippen molar-refractivity contribution in [2.45, 2.75) is 50.0 Å². The molecule has 2 fully saturated rings. The smallest absolute Gasteiger partial charge is 0.138 e. The number of piperidine rings is 1. The van der Waals surface area contributed by atoms with Gasteiger partial charge >= 0.3 is 0 Å². The molecular weight excluding hydrogens is 414 g/mol. The van der Waals surface area contributed by atoms with Crippen molar-refractivity contribution in [1.29, 1.82) is 0 Å². The Balaban J connectivity index is 1.45. The molecule has 2 heterocycles. The molecule has 0 unspecified atom stereocenters. The lowest BCUT2D eigenvalue weighted by molar-refractivity contribution is 0.00305. The summed E-state index contributed by atoms with van der Waals surface area (Å²) >= 11 is 0. The van der Waals surface area contributed by atoms with Crippen molar-refractivity contribution in [2.75, 3.05) is 52.9 Å². The van der Waals surface area contributed by atoms with E-state index >= 15 is 0 Å². The zero-order valence-electron chi connectivity index (χ0n) is 20.0. The predicted octanol–water partition coefficient (Wildman–Crippen LogP) is 4.06. The summed E-state index contributed by atoms with van der Waals surface area (Å²) in [5.74, 6) is 1.51.